The molecule has 3 aromatic carbocycles. The quantitative estimate of drug-likeness (QED) is 0.255. The summed E-state index contributed by atoms with van der Waals surface area (Å²) in [6, 6.07) is 24.9. The van der Waals surface area contributed by atoms with E-state index in [0.717, 1.165) is 5.56 Å². The van der Waals surface area contributed by atoms with Gasteiger partial charge in [-0.3, -0.25) is 4.79 Å². The fraction of sp³-hybridized carbons (Fsp3) is 0.138. The maximum Gasteiger partial charge on any atom is 0.225 e. The number of hydrogen-bond acceptors (Lipinski definition) is 6. The first-order chi connectivity index (χ1) is 18.0. The van der Waals surface area contributed by atoms with Crippen LogP contribution in [0.5, 0.6) is 11.5 Å². The van der Waals surface area contributed by atoms with E-state index in [-0.39, 0.29) is 18.1 Å². The summed E-state index contributed by atoms with van der Waals surface area (Å²) in [6.07, 6.45) is 0.183. The molecule has 1 N–H and O–H groups in total. The number of nitrogens with zero attached hydrogens (tertiary/aromatic N) is 2. The molecule has 0 bridgehead atoms. The molecule has 0 aliphatic carbocycles. The molecule has 6 nitrogen and oxygen atoms in total. The van der Waals surface area contributed by atoms with Crippen LogP contribution in [0.2, 0.25) is 0 Å². The highest BCUT2D eigenvalue weighted by Crippen LogP contribution is 2.42. The minimum atomic E-state index is -0.370. The number of para-hydroxylation sites is 1. The van der Waals surface area contributed by atoms with Crippen LogP contribution in [0.3, 0.4) is 0 Å². The Hall–Kier alpha value is -4.35. The number of ether oxygens (including phenoxy) is 2. The van der Waals surface area contributed by atoms with Crippen molar-refractivity contribution in [2.24, 2.45) is 0 Å². The van der Waals surface area contributed by atoms with Crippen molar-refractivity contribution in [3.63, 3.8) is 0 Å². The van der Waals surface area contributed by atoms with Gasteiger partial charge in [-0.25, -0.2) is 9.37 Å². The van der Waals surface area contributed by atoms with Crippen LogP contribution in [0.25, 0.3) is 22.4 Å². The standard InChI is InChI=1S/C29H24FN3O3S/c1-35-26-10-6-9-22(28(26)36-2)23-17-25(19-7-4-3-5-8-19)33-29(24(23)18-31)37-16-15-27(34)32-21-13-11-20(30)12-14-21/h3-14,17H,15-16H2,1-2H3,(H,32,34). The lowest BCUT2D eigenvalue weighted by atomic mass is 9.98. The van der Waals surface area contributed by atoms with Gasteiger partial charge in [-0.15, -0.1) is 11.8 Å². The number of carbonyl (C=O) groups is 1. The Balaban J connectivity index is 1.67. The van der Waals surface area contributed by atoms with Gasteiger partial charge in [-0.1, -0.05) is 42.5 Å². The SMILES string of the molecule is COc1cccc(-c2cc(-c3ccccc3)nc(SCCC(=O)Nc3ccc(F)cc3)c2C#N)c1OC. The summed E-state index contributed by atoms with van der Waals surface area (Å²) in [7, 11) is 3.12. The number of thioether (sulfide) groups is 1. The van der Waals surface area contributed by atoms with Crippen LogP contribution < -0.4 is 14.8 Å². The lowest BCUT2D eigenvalue weighted by molar-refractivity contribution is -0.115. The molecule has 1 heterocycles. The van der Waals surface area contributed by atoms with E-state index >= 15 is 0 Å². The fourth-order valence-corrected chi connectivity index (χ4v) is 4.74. The molecule has 1 aromatic heterocycles. The molecule has 0 aliphatic heterocycles. The third-order valence-electron chi connectivity index (χ3n) is 5.56. The molecule has 0 atom stereocenters. The highest BCUT2D eigenvalue weighted by Gasteiger charge is 2.20. The smallest absolute Gasteiger partial charge is 0.225 e. The van der Waals surface area contributed by atoms with E-state index in [1.165, 1.54) is 36.0 Å². The van der Waals surface area contributed by atoms with Crippen LogP contribution in [-0.2, 0) is 4.79 Å². The van der Waals surface area contributed by atoms with Gasteiger partial charge in [0.2, 0.25) is 5.91 Å². The fourth-order valence-electron chi connectivity index (χ4n) is 3.80. The van der Waals surface area contributed by atoms with E-state index in [4.69, 9.17) is 14.5 Å². The van der Waals surface area contributed by atoms with Gasteiger partial charge in [-0.2, -0.15) is 5.26 Å². The normalized spacial score (nSPS) is 10.4. The Morgan fingerprint density at radius 3 is 2.43 bits per heavy atom. The number of benzene rings is 3. The number of amides is 1. The zero-order valence-electron chi connectivity index (χ0n) is 20.3. The predicted molar refractivity (Wildman–Crippen MR) is 143 cm³/mol. The van der Waals surface area contributed by atoms with Crippen molar-refractivity contribution in [1.29, 1.82) is 5.26 Å². The Bertz CT molecular complexity index is 1440. The lowest BCUT2D eigenvalue weighted by Crippen LogP contribution is -2.12. The molecule has 0 spiro atoms. The van der Waals surface area contributed by atoms with Gasteiger partial charge in [0.1, 0.15) is 16.9 Å². The highest BCUT2D eigenvalue weighted by molar-refractivity contribution is 7.99. The van der Waals surface area contributed by atoms with E-state index in [1.54, 1.807) is 20.3 Å². The number of nitrogens with one attached hydrogen (secondary N) is 1. The summed E-state index contributed by atoms with van der Waals surface area (Å²) >= 11 is 1.33. The first-order valence-electron chi connectivity index (χ1n) is 11.4. The van der Waals surface area contributed by atoms with Crippen molar-refractivity contribution in [1.82, 2.24) is 4.98 Å². The van der Waals surface area contributed by atoms with Gasteiger partial charge in [0.15, 0.2) is 11.5 Å². The Kier molecular flexibility index (Phi) is 8.39. The molecule has 1 amide bonds. The number of hydrogen-bond donors (Lipinski definition) is 1. The molecule has 0 saturated carbocycles. The molecule has 0 saturated heterocycles. The molecular weight excluding hydrogens is 489 g/mol. The van der Waals surface area contributed by atoms with Gasteiger partial charge < -0.3 is 14.8 Å². The molecule has 37 heavy (non-hydrogen) atoms. The molecule has 0 radical (unpaired) electrons. The maximum absolute atomic E-state index is 13.1. The van der Waals surface area contributed by atoms with Gasteiger partial charge in [0.05, 0.1) is 25.5 Å². The second-order valence-electron chi connectivity index (χ2n) is 7.91. The van der Waals surface area contributed by atoms with Gasteiger partial charge in [0.25, 0.3) is 0 Å². The number of aromatic nitrogens is 1. The van der Waals surface area contributed by atoms with E-state index < -0.39 is 0 Å². The molecule has 0 aliphatic rings. The van der Waals surface area contributed by atoms with Gasteiger partial charge in [0, 0.05) is 34.6 Å². The van der Waals surface area contributed by atoms with Crippen molar-refractivity contribution >= 4 is 23.4 Å². The minimum absolute atomic E-state index is 0.183. The van der Waals surface area contributed by atoms with Crippen molar-refractivity contribution in [2.45, 2.75) is 11.4 Å². The second-order valence-corrected chi connectivity index (χ2v) is 8.99. The van der Waals surface area contributed by atoms with Gasteiger partial charge >= 0.3 is 0 Å². The third kappa shape index (κ3) is 6.08. The Morgan fingerprint density at radius 1 is 1.00 bits per heavy atom. The number of nitriles is 1. The molecule has 0 fully saturated rings. The van der Waals surface area contributed by atoms with Crippen LogP contribution in [0.1, 0.15) is 12.0 Å². The van der Waals surface area contributed by atoms with Crippen molar-refractivity contribution in [2.75, 3.05) is 25.3 Å². The molecule has 186 valence electrons. The predicted octanol–water partition coefficient (Wildman–Crippen LogP) is 6.56. The number of halogens is 1. The average molecular weight is 514 g/mol. The monoisotopic (exact) mass is 513 g/mol. The van der Waals surface area contributed by atoms with Crippen LogP contribution in [0, 0.1) is 17.1 Å². The van der Waals surface area contributed by atoms with E-state index in [2.05, 4.69) is 11.4 Å². The number of anilines is 1. The summed E-state index contributed by atoms with van der Waals surface area (Å²) in [5, 5.41) is 13.4. The van der Waals surface area contributed by atoms with Crippen molar-refractivity contribution in [3.8, 4) is 40.0 Å². The van der Waals surface area contributed by atoms with Crippen molar-refractivity contribution < 1.29 is 18.7 Å². The Labute approximate surface area is 219 Å². The number of carbonyl (C=O) groups excluding carboxylic acids is 1. The van der Waals surface area contributed by atoms with Crippen LogP contribution in [0.15, 0.2) is 83.9 Å². The maximum atomic E-state index is 13.1. The summed E-state index contributed by atoms with van der Waals surface area (Å²) < 4.78 is 24.2. The largest absolute Gasteiger partial charge is 0.493 e. The van der Waals surface area contributed by atoms with Crippen molar-refractivity contribution in [3.05, 3.63) is 90.2 Å². The zero-order valence-corrected chi connectivity index (χ0v) is 21.1. The average Bonchev–Trinajstić information content (AvgIpc) is 2.93. The summed E-state index contributed by atoms with van der Waals surface area (Å²) in [5.74, 6) is 0.869. The molecule has 8 heteroatoms. The lowest BCUT2D eigenvalue weighted by Gasteiger charge is -2.16. The molecule has 4 rings (SSSR count). The number of methoxy groups -OCH3 is 2. The summed E-state index contributed by atoms with van der Waals surface area (Å²) in [5.41, 5.74) is 3.85. The first kappa shape index (κ1) is 25.7. The Morgan fingerprint density at radius 2 is 1.76 bits per heavy atom. The zero-order chi connectivity index (χ0) is 26.2. The van der Waals surface area contributed by atoms with E-state index in [1.807, 2.05) is 48.5 Å². The summed E-state index contributed by atoms with van der Waals surface area (Å²) in [4.78, 5) is 17.2. The molecule has 0 unspecified atom stereocenters. The third-order valence-corrected chi connectivity index (χ3v) is 6.53. The first-order valence-corrected chi connectivity index (χ1v) is 12.4. The van der Waals surface area contributed by atoms with Crippen LogP contribution in [0.4, 0.5) is 10.1 Å². The second kappa shape index (κ2) is 12.1. The number of pyridine rings is 1. The highest BCUT2D eigenvalue weighted by atomic mass is 32.2. The molecule has 4 aromatic rings. The van der Waals surface area contributed by atoms with Crippen LogP contribution in [-0.4, -0.2) is 30.9 Å². The van der Waals surface area contributed by atoms with E-state index in [9.17, 15) is 14.4 Å². The van der Waals surface area contributed by atoms with E-state index in [0.29, 0.717) is 50.3 Å². The molecular formula is C29H24FN3O3S. The minimum Gasteiger partial charge on any atom is -0.493 e. The van der Waals surface area contributed by atoms with Gasteiger partial charge in [-0.05, 0) is 36.4 Å². The van der Waals surface area contributed by atoms with Crippen LogP contribution >= 0.6 is 11.8 Å². The number of rotatable bonds is 9. The topological polar surface area (TPSA) is 84.2 Å². The summed E-state index contributed by atoms with van der Waals surface area (Å²) in [6.45, 7) is 0.